The number of nitrogens with zero attached hydrogens (tertiary/aromatic N) is 2. The maximum Gasteiger partial charge on any atom is 0.421 e. The minimum Gasteiger partial charge on any atom is -0.376 e. The predicted molar refractivity (Wildman–Crippen MR) is 124 cm³/mol. The van der Waals surface area contributed by atoms with Gasteiger partial charge in [0.1, 0.15) is 5.82 Å². The number of hydrogen-bond donors (Lipinski definition) is 1. The van der Waals surface area contributed by atoms with Crippen molar-refractivity contribution in [2.75, 3.05) is 0 Å². The molecular formula is C26H20F4N2O3. The molecule has 5 nitrogen and oxygen atoms in total. The number of fused-ring (bicyclic) bond motifs is 1. The van der Waals surface area contributed by atoms with Crippen LogP contribution in [-0.2, 0) is 12.1 Å². The van der Waals surface area contributed by atoms with Crippen LogP contribution in [0.1, 0.15) is 23.1 Å². The highest BCUT2D eigenvalue weighted by Gasteiger charge is 2.55. The number of hydrogen-bond acceptors (Lipinski definition) is 3. The highest BCUT2D eigenvalue weighted by molar-refractivity contribution is 5.87. The molecule has 3 aromatic carbocycles. The van der Waals surface area contributed by atoms with Crippen LogP contribution in [0.2, 0.25) is 0 Å². The molecule has 1 heterocycles. The van der Waals surface area contributed by atoms with E-state index in [1.54, 1.807) is 30.3 Å². The first-order valence-electron chi connectivity index (χ1n) is 10.6. The van der Waals surface area contributed by atoms with Crippen LogP contribution < -0.4 is 0 Å². The van der Waals surface area contributed by atoms with Gasteiger partial charge in [0.05, 0.1) is 10.4 Å². The summed E-state index contributed by atoms with van der Waals surface area (Å²) in [7, 11) is 0. The summed E-state index contributed by atoms with van der Waals surface area (Å²) in [5.74, 6) is -0.478. The van der Waals surface area contributed by atoms with Crippen molar-refractivity contribution in [2.45, 2.75) is 24.7 Å². The molecule has 0 radical (unpaired) electrons. The van der Waals surface area contributed by atoms with Gasteiger partial charge >= 0.3 is 6.18 Å². The van der Waals surface area contributed by atoms with Crippen LogP contribution in [0, 0.1) is 15.9 Å². The number of non-ortho nitro benzene ring substituents is 1. The molecule has 35 heavy (non-hydrogen) atoms. The van der Waals surface area contributed by atoms with Crippen molar-refractivity contribution in [2.24, 2.45) is 0 Å². The number of benzene rings is 3. The van der Waals surface area contributed by atoms with Gasteiger partial charge in [0, 0.05) is 42.2 Å². The van der Waals surface area contributed by atoms with E-state index in [0.29, 0.717) is 5.56 Å². The van der Waals surface area contributed by atoms with Crippen molar-refractivity contribution in [3.63, 3.8) is 0 Å². The molecule has 4 aromatic rings. The zero-order valence-corrected chi connectivity index (χ0v) is 18.2. The van der Waals surface area contributed by atoms with E-state index in [4.69, 9.17) is 0 Å². The number of aromatic nitrogens is 1. The second-order valence-electron chi connectivity index (χ2n) is 8.13. The Morgan fingerprint density at radius 2 is 1.69 bits per heavy atom. The topological polar surface area (TPSA) is 68.3 Å². The van der Waals surface area contributed by atoms with Crippen LogP contribution in [0.3, 0.4) is 0 Å². The molecule has 0 fully saturated rings. The summed E-state index contributed by atoms with van der Waals surface area (Å²) in [6.07, 6.45) is -2.12. The maximum atomic E-state index is 14.3. The predicted octanol–water partition coefficient (Wildman–Crippen LogP) is 6.59. The van der Waals surface area contributed by atoms with E-state index in [2.05, 4.69) is 0 Å². The fourth-order valence-corrected chi connectivity index (χ4v) is 3.95. The second kappa shape index (κ2) is 9.34. The fraction of sp³-hybridized carbons (Fsp3) is 0.154. The molecule has 0 bridgehead atoms. The van der Waals surface area contributed by atoms with Crippen LogP contribution in [0.15, 0.2) is 85.1 Å². The standard InChI is InChI=1S/C26H20F4N2O3/c27-20-10-8-18(9-11-20)7-4-14-25(33,26(28,29)30)23-17-31(16-19-5-2-1-3-6-19)24-15-21(32(34)35)12-13-22(23)24/h1-13,15,17,33H,14,16H2/b7-4+. The Bertz CT molecular complexity index is 1380. The van der Waals surface area contributed by atoms with Gasteiger partial charge in [-0.1, -0.05) is 54.6 Å². The van der Waals surface area contributed by atoms with Gasteiger partial charge in [-0.3, -0.25) is 10.1 Å². The zero-order chi connectivity index (χ0) is 25.2. The highest BCUT2D eigenvalue weighted by atomic mass is 19.4. The molecule has 1 unspecified atom stereocenters. The lowest BCUT2D eigenvalue weighted by Gasteiger charge is -2.29. The maximum absolute atomic E-state index is 14.3. The Kier molecular flexibility index (Phi) is 6.45. The molecule has 0 aliphatic carbocycles. The number of nitro benzene ring substituents is 1. The van der Waals surface area contributed by atoms with Gasteiger partial charge < -0.3 is 9.67 Å². The summed E-state index contributed by atoms with van der Waals surface area (Å²) >= 11 is 0. The van der Waals surface area contributed by atoms with E-state index in [-0.39, 0.29) is 23.1 Å². The first kappa shape index (κ1) is 24.2. The Balaban J connectivity index is 1.81. The molecule has 4 rings (SSSR count). The number of halogens is 4. The van der Waals surface area contributed by atoms with Crippen molar-refractivity contribution >= 4 is 22.7 Å². The Morgan fingerprint density at radius 3 is 2.31 bits per heavy atom. The molecule has 0 saturated heterocycles. The van der Waals surface area contributed by atoms with E-state index in [1.807, 2.05) is 0 Å². The third-order valence-corrected chi connectivity index (χ3v) is 5.78. The molecule has 1 N–H and O–H groups in total. The lowest BCUT2D eigenvalue weighted by atomic mass is 9.89. The summed E-state index contributed by atoms with van der Waals surface area (Å²) in [5, 5.41) is 22.4. The summed E-state index contributed by atoms with van der Waals surface area (Å²) in [6, 6.07) is 17.6. The molecule has 0 spiro atoms. The highest BCUT2D eigenvalue weighted by Crippen LogP contribution is 2.45. The quantitative estimate of drug-likeness (QED) is 0.183. The van der Waals surface area contributed by atoms with Gasteiger partial charge in [-0.25, -0.2) is 4.39 Å². The number of alkyl halides is 3. The monoisotopic (exact) mass is 484 g/mol. The third kappa shape index (κ3) is 4.95. The molecule has 1 aromatic heterocycles. The molecule has 180 valence electrons. The third-order valence-electron chi connectivity index (χ3n) is 5.78. The lowest BCUT2D eigenvalue weighted by molar-refractivity contribution is -0.384. The van der Waals surface area contributed by atoms with E-state index >= 15 is 0 Å². The fourth-order valence-electron chi connectivity index (χ4n) is 3.95. The Hall–Kier alpha value is -3.98. The van der Waals surface area contributed by atoms with E-state index < -0.39 is 34.5 Å². The lowest BCUT2D eigenvalue weighted by Crippen LogP contribution is -2.41. The number of rotatable bonds is 7. The van der Waals surface area contributed by atoms with Crippen molar-refractivity contribution in [1.29, 1.82) is 0 Å². The van der Waals surface area contributed by atoms with Crippen molar-refractivity contribution in [3.05, 3.63) is 118 Å². The van der Waals surface area contributed by atoms with Crippen LogP contribution >= 0.6 is 0 Å². The van der Waals surface area contributed by atoms with Crippen molar-refractivity contribution in [1.82, 2.24) is 4.57 Å². The van der Waals surface area contributed by atoms with E-state index in [0.717, 1.165) is 11.6 Å². The van der Waals surface area contributed by atoms with Gasteiger partial charge in [0.2, 0.25) is 0 Å². The first-order valence-corrected chi connectivity index (χ1v) is 10.6. The van der Waals surface area contributed by atoms with Gasteiger partial charge in [-0.2, -0.15) is 13.2 Å². The number of aliphatic hydroxyl groups is 1. The molecule has 0 aliphatic rings. The Morgan fingerprint density at radius 1 is 1.00 bits per heavy atom. The molecule has 0 saturated carbocycles. The van der Waals surface area contributed by atoms with Crippen LogP contribution in [0.5, 0.6) is 0 Å². The van der Waals surface area contributed by atoms with Crippen LogP contribution in [-0.4, -0.2) is 20.8 Å². The molecule has 1 atom stereocenters. The molecular weight excluding hydrogens is 464 g/mol. The summed E-state index contributed by atoms with van der Waals surface area (Å²) in [6.45, 7) is 0.151. The summed E-state index contributed by atoms with van der Waals surface area (Å²) in [5.41, 5.74) is -2.51. The zero-order valence-electron chi connectivity index (χ0n) is 18.2. The summed E-state index contributed by atoms with van der Waals surface area (Å²) < 4.78 is 57.4. The molecule has 0 aliphatic heterocycles. The van der Waals surface area contributed by atoms with E-state index in [9.17, 15) is 32.8 Å². The average Bonchev–Trinajstić information content (AvgIpc) is 3.18. The van der Waals surface area contributed by atoms with Gasteiger partial charge in [0.25, 0.3) is 5.69 Å². The smallest absolute Gasteiger partial charge is 0.376 e. The van der Waals surface area contributed by atoms with Crippen molar-refractivity contribution in [3.8, 4) is 0 Å². The minimum absolute atomic E-state index is 0.0570. The Labute approximate surface area is 197 Å². The SMILES string of the molecule is O=[N+]([O-])c1ccc2c(C(O)(C/C=C/c3ccc(F)cc3)C(F)(F)F)cn(Cc3ccccc3)c2c1. The van der Waals surface area contributed by atoms with Crippen molar-refractivity contribution < 1.29 is 27.6 Å². The van der Waals surface area contributed by atoms with Crippen LogP contribution in [0.4, 0.5) is 23.2 Å². The van der Waals surface area contributed by atoms with Crippen LogP contribution in [0.25, 0.3) is 17.0 Å². The molecule has 9 heteroatoms. The largest absolute Gasteiger partial charge is 0.421 e. The normalized spacial score (nSPS) is 13.9. The average molecular weight is 484 g/mol. The molecule has 0 amide bonds. The number of nitro groups is 1. The summed E-state index contributed by atoms with van der Waals surface area (Å²) in [4.78, 5) is 10.7. The minimum atomic E-state index is -5.05. The van der Waals surface area contributed by atoms with Gasteiger partial charge in [-0.15, -0.1) is 0 Å². The van der Waals surface area contributed by atoms with Gasteiger partial charge in [0.15, 0.2) is 5.60 Å². The first-order chi connectivity index (χ1) is 16.6. The second-order valence-corrected chi connectivity index (χ2v) is 8.13. The van der Waals surface area contributed by atoms with E-state index in [1.165, 1.54) is 59.3 Å². The van der Waals surface area contributed by atoms with Gasteiger partial charge in [-0.05, 0) is 29.3 Å².